The lowest BCUT2D eigenvalue weighted by Crippen LogP contribution is -2.31. The first kappa shape index (κ1) is 18.7. The molecule has 132 valence electrons. The van der Waals surface area contributed by atoms with Gasteiger partial charge >= 0.3 is 11.9 Å². The van der Waals surface area contributed by atoms with Gasteiger partial charge in [0.1, 0.15) is 0 Å². The first-order chi connectivity index (χ1) is 12.0. The Bertz CT molecular complexity index is 706. The van der Waals surface area contributed by atoms with E-state index in [4.69, 9.17) is 0 Å². The van der Waals surface area contributed by atoms with Crippen molar-refractivity contribution in [3.05, 3.63) is 70.8 Å². The van der Waals surface area contributed by atoms with Crippen LogP contribution >= 0.6 is 0 Å². The smallest absolute Gasteiger partial charge is 0.335 e. The molecule has 2 aromatic carbocycles. The van der Waals surface area contributed by atoms with E-state index in [9.17, 15) is 19.8 Å². The molecule has 0 fully saturated rings. The summed E-state index contributed by atoms with van der Waals surface area (Å²) in [7, 11) is 0. The summed E-state index contributed by atoms with van der Waals surface area (Å²) < 4.78 is 0. The predicted molar refractivity (Wildman–Crippen MR) is 97.4 cm³/mol. The van der Waals surface area contributed by atoms with Gasteiger partial charge in [-0.1, -0.05) is 63.1 Å². The van der Waals surface area contributed by atoms with E-state index in [0.717, 1.165) is 12.8 Å². The Labute approximate surface area is 148 Å². The number of carboxylic acid groups (broad SMARTS) is 2. The van der Waals surface area contributed by atoms with Gasteiger partial charge in [-0.3, -0.25) is 0 Å². The van der Waals surface area contributed by atoms with E-state index in [-0.39, 0.29) is 11.1 Å². The summed E-state index contributed by atoms with van der Waals surface area (Å²) in [6.07, 6.45) is 3.16. The Balaban J connectivity index is 2.81. The normalized spacial score (nSPS) is 11.3. The highest BCUT2D eigenvalue weighted by Crippen LogP contribution is 2.43. The molecule has 0 spiro atoms. The zero-order chi connectivity index (χ0) is 18.4. The maximum absolute atomic E-state index is 11.8. The maximum atomic E-state index is 11.8. The fraction of sp³-hybridized carbons (Fsp3) is 0.333. The van der Waals surface area contributed by atoms with Gasteiger partial charge in [0.2, 0.25) is 0 Å². The van der Waals surface area contributed by atoms with Gasteiger partial charge in [-0.05, 0) is 36.1 Å². The van der Waals surface area contributed by atoms with E-state index in [1.54, 1.807) is 24.3 Å². The van der Waals surface area contributed by atoms with E-state index in [1.165, 1.54) is 0 Å². The SMILES string of the molecule is CCCCC(CC)(c1ccccc1C(=O)O)c1ccccc1C(=O)O. The topological polar surface area (TPSA) is 74.6 Å². The number of hydrogen-bond donors (Lipinski definition) is 2. The van der Waals surface area contributed by atoms with Crippen molar-refractivity contribution in [3.63, 3.8) is 0 Å². The summed E-state index contributed by atoms with van der Waals surface area (Å²) in [6.45, 7) is 4.07. The fourth-order valence-corrected chi connectivity index (χ4v) is 3.62. The zero-order valence-electron chi connectivity index (χ0n) is 14.7. The monoisotopic (exact) mass is 340 g/mol. The van der Waals surface area contributed by atoms with Crippen molar-refractivity contribution in [2.75, 3.05) is 0 Å². The van der Waals surface area contributed by atoms with Gasteiger partial charge in [0.05, 0.1) is 11.1 Å². The molecule has 0 bridgehead atoms. The minimum Gasteiger partial charge on any atom is -0.478 e. The third-order valence-electron chi connectivity index (χ3n) is 4.91. The Morgan fingerprint density at radius 1 is 0.840 bits per heavy atom. The Kier molecular flexibility index (Phi) is 5.97. The highest BCUT2D eigenvalue weighted by molar-refractivity contribution is 5.92. The molecule has 4 nitrogen and oxygen atoms in total. The van der Waals surface area contributed by atoms with Crippen LogP contribution in [-0.4, -0.2) is 22.2 Å². The third kappa shape index (κ3) is 3.58. The summed E-state index contributed by atoms with van der Waals surface area (Å²) in [5, 5.41) is 19.3. The van der Waals surface area contributed by atoms with Crippen molar-refractivity contribution in [1.29, 1.82) is 0 Å². The van der Waals surface area contributed by atoms with Gasteiger partial charge in [-0.15, -0.1) is 0 Å². The standard InChI is InChI=1S/C21H24O4/c1-3-5-14-21(4-2,17-12-8-6-10-15(17)19(22)23)18-13-9-7-11-16(18)20(24)25/h6-13H,3-5,14H2,1-2H3,(H,22,23)(H,24,25). The van der Waals surface area contributed by atoms with Crippen LogP contribution in [-0.2, 0) is 5.41 Å². The largest absolute Gasteiger partial charge is 0.478 e. The molecule has 0 aliphatic rings. The van der Waals surface area contributed by atoms with Crippen LogP contribution in [0, 0.1) is 0 Å². The van der Waals surface area contributed by atoms with Gasteiger partial charge < -0.3 is 10.2 Å². The summed E-state index contributed by atoms with van der Waals surface area (Å²) in [4.78, 5) is 23.6. The van der Waals surface area contributed by atoms with Crippen molar-refractivity contribution in [2.45, 2.75) is 44.9 Å². The van der Waals surface area contributed by atoms with Crippen LogP contribution in [0.1, 0.15) is 71.4 Å². The lowest BCUT2D eigenvalue weighted by atomic mass is 9.66. The number of aromatic carboxylic acids is 2. The van der Waals surface area contributed by atoms with E-state index in [0.29, 0.717) is 24.0 Å². The van der Waals surface area contributed by atoms with Crippen LogP contribution in [0.2, 0.25) is 0 Å². The second-order valence-electron chi connectivity index (χ2n) is 6.24. The maximum Gasteiger partial charge on any atom is 0.335 e. The first-order valence-electron chi connectivity index (χ1n) is 8.63. The molecular formula is C21H24O4. The van der Waals surface area contributed by atoms with Crippen molar-refractivity contribution in [2.24, 2.45) is 0 Å². The molecule has 0 saturated heterocycles. The second kappa shape index (κ2) is 7.97. The van der Waals surface area contributed by atoms with Gasteiger partial charge in [-0.2, -0.15) is 0 Å². The molecule has 2 aromatic rings. The van der Waals surface area contributed by atoms with Gasteiger partial charge in [-0.25, -0.2) is 9.59 Å². The molecule has 4 heteroatoms. The number of carboxylic acids is 2. The molecule has 0 aromatic heterocycles. The summed E-state index contributed by atoms with van der Waals surface area (Å²) >= 11 is 0. The number of hydrogen-bond acceptors (Lipinski definition) is 2. The van der Waals surface area contributed by atoms with Crippen molar-refractivity contribution in [3.8, 4) is 0 Å². The molecule has 0 amide bonds. The Hall–Kier alpha value is -2.62. The summed E-state index contributed by atoms with van der Waals surface area (Å²) in [6, 6.07) is 13.9. The highest BCUT2D eigenvalue weighted by Gasteiger charge is 2.37. The first-order valence-corrected chi connectivity index (χ1v) is 8.63. The Morgan fingerprint density at radius 2 is 1.28 bits per heavy atom. The molecule has 2 N–H and O–H groups in total. The van der Waals surface area contributed by atoms with Gasteiger partial charge in [0.25, 0.3) is 0 Å². The number of benzene rings is 2. The quantitative estimate of drug-likeness (QED) is 0.711. The molecule has 0 aliphatic carbocycles. The number of rotatable bonds is 8. The molecule has 0 radical (unpaired) electrons. The minimum absolute atomic E-state index is 0.237. The number of unbranched alkanes of at least 4 members (excludes halogenated alkanes) is 1. The second-order valence-corrected chi connectivity index (χ2v) is 6.24. The predicted octanol–water partition coefficient (Wildman–Crippen LogP) is 4.97. The van der Waals surface area contributed by atoms with Crippen molar-refractivity contribution in [1.82, 2.24) is 0 Å². The highest BCUT2D eigenvalue weighted by atomic mass is 16.4. The zero-order valence-corrected chi connectivity index (χ0v) is 14.7. The average Bonchev–Trinajstić information content (AvgIpc) is 2.63. The van der Waals surface area contributed by atoms with Crippen LogP contribution in [0.4, 0.5) is 0 Å². The van der Waals surface area contributed by atoms with E-state index in [2.05, 4.69) is 6.92 Å². The molecule has 25 heavy (non-hydrogen) atoms. The fourth-order valence-electron chi connectivity index (χ4n) is 3.62. The number of carbonyl (C=O) groups is 2. The molecule has 0 unspecified atom stereocenters. The van der Waals surface area contributed by atoms with E-state index >= 15 is 0 Å². The van der Waals surface area contributed by atoms with Crippen LogP contribution < -0.4 is 0 Å². The van der Waals surface area contributed by atoms with E-state index < -0.39 is 17.4 Å². The van der Waals surface area contributed by atoms with Crippen LogP contribution in [0.15, 0.2) is 48.5 Å². The van der Waals surface area contributed by atoms with Crippen LogP contribution in [0.25, 0.3) is 0 Å². The summed E-state index contributed by atoms with van der Waals surface area (Å²) in [5.41, 5.74) is 1.21. The molecular weight excluding hydrogens is 316 g/mol. The van der Waals surface area contributed by atoms with Crippen molar-refractivity contribution < 1.29 is 19.8 Å². The molecule has 2 rings (SSSR count). The molecule has 0 atom stereocenters. The Morgan fingerprint density at radius 3 is 1.64 bits per heavy atom. The molecule has 0 saturated carbocycles. The van der Waals surface area contributed by atoms with Crippen LogP contribution in [0.3, 0.4) is 0 Å². The third-order valence-corrected chi connectivity index (χ3v) is 4.91. The lowest BCUT2D eigenvalue weighted by Gasteiger charge is -2.36. The summed E-state index contributed by atoms with van der Waals surface area (Å²) in [5.74, 6) is -1.98. The molecule has 0 aliphatic heterocycles. The minimum atomic E-state index is -0.988. The van der Waals surface area contributed by atoms with Crippen LogP contribution in [0.5, 0.6) is 0 Å². The van der Waals surface area contributed by atoms with E-state index in [1.807, 2.05) is 31.2 Å². The average molecular weight is 340 g/mol. The van der Waals surface area contributed by atoms with Gasteiger partial charge in [0, 0.05) is 5.41 Å². The molecule has 0 heterocycles. The lowest BCUT2D eigenvalue weighted by molar-refractivity contribution is 0.0686. The van der Waals surface area contributed by atoms with Crippen molar-refractivity contribution >= 4 is 11.9 Å². The van der Waals surface area contributed by atoms with Gasteiger partial charge in [0.15, 0.2) is 0 Å².